The van der Waals surface area contributed by atoms with Gasteiger partial charge in [-0.15, -0.1) is 0 Å². The number of carbonyl (C=O) groups excluding carboxylic acids is 2. The van der Waals surface area contributed by atoms with Gasteiger partial charge in [0.2, 0.25) is 6.41 Å². The number of ether oxygens (including phenoxy) is 1. The van der Waals surface area contributed by atoms with Crippen molar-refractivity contribution in [3.8, 4) is 11.8 Å². The highest BCUT2D eigenvalue weighted by molar-refractivity contribution is 6.12. The van der Waals surface area contributed by atoms with Gasteiger partial charge in [0, 0.05) is 20.2 Å². The van der Waals surface area contributed by atoms with E-state index >= 15 is 0 Å². The van der Waals surface area contributed by atoms with E-state index in [4.69, 9.17) is 10.00 Å². The van der Waals surface area contributed by atoms with Crippen molar-refractivity contribution in [2.45, 2.75) is 12.8 Å². The van der Waals surface area contributed by atoms with Gasteiger partial charge in [-0.3, -0.25) is 9.59 Å². The number of hydrogen-bond donors (Lipinski definition) is 0. The lowest BCUT2D eigenvalue weighted by Gasteiger charge is -2.21. The van der Waals surface area contributed by atoms with Gasteiger partial charge >= 0.3 is 6.18 Å². The predicted molar refractivity (Wildman–Crippen MR) is 103 cm³/mol. The molecule has 9 heteroatoms. The summed E-state index contributed by atoms with van der Waals surface area (Å²) in [6.07, 6.45) is -4.24. The fourth-order valence-electron chi connectivity index (χ4n) is 2.49. The number of anilines is 1. The van der Waals surface area contributed by atoms with Gasteiger partial charge in [-0.25, -0.2) is 4.90 Å². The number of rotatable bonds is 7. The van der Waals surface area contributed by atoms with E-state index in [9.17, 15) is 22.8 Å². The van der Waals surface area contributed by atoms with Crippen LogP contribution in [0, 0.1) is 11.3 Å². The van der Waals surface area contributed by atoms with Crippen LogP contribution in [-0.4, -0.2) is 37.5 Å². The lowest BCUT2D eigenvalue weighted by molar-refractivity contribution is -0.121. The summed E-state index contributed by atoms with van der Waals surface area (Å²) >= 11 is 0. The van der Waals surface area contributed by atoms with Crippen molar-refractivity contribution in [1.82, 2.24) is 4.90 Å². The third kappa shape index (κ3) is 5.85. The molecule has 0 radical (unpaired) electrons. The molecule has 156 valence electrons. The van der Waals surface area contributed by atoms with Crippen LogP contribution in [0.25, 0.3) is 0 Å². The van der Waals surface area contributed by atoms with E-state index in [1.54, 1.807) is 24.3 Å². The Kier molecular flexibility index (Phi) is 7.20. The van der Waals surface area contributed by atoms with Crippen LogP contribution in [0.15, 0.2) is 60.3 Å². The van der Waals surface area contributed by atoms with E-state index in [0.717, 1.165) is 24.6 Å². The molecule has 2 aromatic carbocycles. The minimum atomic E-state index is -4.74. The monoisotopic (exact) mass is 417 g/mol. The number of nitriles is 1. The van der Waals surface area contributed by atoms with E-state index in [-0.39, 0.29) is 18.7 Å². The number of imide groups is 1. The Bertz CT molecular complexity index is 977. The van der Waals surface area contributed by atoms with Crippen LogP contribution in [0.1, 0.15) is 11.1 Å². The van der Waals surface area contributed by atoms with Crippen molar-refractivity contribution in [2.75, 3.05) is 19.0 Å². The van der Waals surface area contributed by atoms with Gasteiger partial charge in [-0.2, -0.15) is 18.4 Å². The molecule has 0 spiro atoms. The van der Waals surface area contributed by atoms with Crippen LogP contribution in [-0.2, 0) is 16.2 Å². The molecule has 0 fully saturated rings. The molecule has 0 aliphatic heterocycles. The third-order valence-corrected chi connectivity index (χ3v) is 3.95. The number of allylic oxidation sites excluding steroid dienone is 1. The zero-order valence-electron chi connectivity index (χ0n) is 16.2. The normalized spacial score (nSPS) is 11.4. The van der Waals surface area contributed by atoms with E-state index in [2.05, 4.69) is 0 Å². The number of carbonyl (C=O) groups is 2. The molecule has 0 aromatic heterocycles. The van der Waals surface area contributed by atoms with Crippen molar-refractivity contribution in [3.05, 3.63) is 71.4 Å². The number of nitrogens with zero attached hydrogens (tertiary/aromatic N) is 3. The predicted octanol–water partition coefficient (Wildman–Crippen LogP) is 3.63. The summed E-state index contributed by atoms with van der Waals surface area (Å²) in [6, 6.07) is 14.6. The Hall–Kier alpha value is -3.80. The maximum atomic E-state index is 13.0. The molecule has 0 atom stereocenters. The molecule has 0 saturated heterocycles. The standard InChI is InChI=1S/C21H18F3N3O3/c1-26(2)19(21(22,23)24)11-20(29)27(14-28)17-6-8-18(9-7-17)30-13-16-5-3-4-15(10-16)12-25/h3-11,14H,13H2,1-2H3/b19-11-. The topological polar surface area (TPSA) is 73.6 Å². The van der Waals surface area contributed by atoms with E-state index < -0.39 is 17.8 Å². The molecule has 2 rings (SSSR count). The first-order valence-corrected chi connectivity index (χ1v) is 8.62. The van der Waals surface area contributed by atoms with Crippen LogP contribution in [0.5, 0.6) is 5.75 Å². The molecule has 30 heavy (non-hydrogen) atoms. The summed E-state index contributed by atoms with van der Waals surface area (Å²) in [6.45, 7) is 0.186. The van der Waals surface area contributed by atoms with Crippen molar-refractivity contribution in [1.29, 1.82) is 5.26 Å². The number of hydrogen-bond acceptors (Lipinski definition) is 5. The fraction of sp³-hybridized carbons (Fsp3) is 0.190. The molecule has 0 aliphatic carbocycles. The fourth-order valence-corrected chi connectivity index (χ4v) is 2.49. The van der Waals surface area contributed by atoms with Gasteiger partial charge in [-0.1, -0.05) is 12.1 Å². The second-order valence-corrected chi connectivity index (χ2v) is 6.33. The molecule has 0 heterocycles. The van der Waals surface area contributed by atoms with E-state index in [0.29, 0.717) is 22.3 Å². The van der Waals surface area contributed by atoms with Crippen molar-refractivity contribution in [2.24, 2.45) is 0 Å². The molecule has 0 bridgehead atoms. The van der Waals surface area contributed by atoms with Gasteiger partial charge < -0.3 is 9.64 Å². The molecule has 2 amide bonds. The SMILES string of the molecule is CN(C)/C(=C\C(=O)N(C=O)c1ccc(OCc2cccc(C#N)c2)cc1)C(F)(F)F. The Balaban J connectivity index is 2.13. The highest BCUT2D eigenvalue weighted by Gasteiger charge is 2.36. The van der Waals surface area contributed by atoms with Crippen LogP contribution in [0.2, 0.25) is 0 Å². The maximum Gasteiger partial charge on any atom is 0.431 e. The molecule has 6 nitrogen and oxygen atoms in total. The summed E-state index contributed by atoms with van der Waals surface area (Å²) < 4.78 is 44.7. The van der Waals surface area contributed by atoms with Crippen LogP contribution in [0.3, 0.4) is 0 Å². The van der Waals surface area contributed by atoms with Gasteiger partial charge in [0.15, 0.2) is 0 Å². The smallest absolute Gasteiger partial charge is 0.431 e. The number of alkyl halides is 3. The molecule has 0 N–H and O–H groups in total. The number of benzene rings is 2. The van der Waals surface area contributed by atoms with Crippen molar-refractivity contribution >= 4 is 18.0 Å². The average molecular weight is 417 g/mol. The molecular formula is C21H18F3N3O3. The molecule has 2 aromatic rings. The third-order valence-electron chi connectivity index (χ3n) is 3.95. The Morgan fingerprint density at radius 1 is 1.17 bits per heavy atom. The van der Waals surface area contributed by atoms with E-state index in [1.165, 1.54) is 24.3 Å². The maximum absolute atomic E-state index is 13.0. The number of amides is 2. The average Bonchev–Trinajstić information content (AvgIpc) is 2.71. The first-order valence-electron chi connectivity index (χ1n) is 8.62. The summed E-state index contributed by atoms with van der Waals surface area (Å²) in [7, 11) is 2.30. The lowest BCUT2D eigenvalue weighted by atomic mass is 10.1. The second-order valence-electron chi connectivity index (χ2n) is 6.33. The van der Waals surface area contributed by atoms with Crippen LogP contribution in [0.4, 0.5) is 18.9 Å². The summed E-state index contributed by atoms with van der Waals surface area (Å²) in [5, 5.41) is 8.91. The number of halogens is 3. The molecule has 0 unspecified atom stereocenters. The second kappa shape index (κ2) is 9.60. The zero-order chi connectivity index (χ0) is 22.3. The highest BCUT2D eigenvalue weighted by atomic mass is 19.4. The van der Waals surface area contributed by atoms with E-state index in [1.807, 2.05) is 6.07 Å². The largest absolute Gasteiger partial charge is 0.489 e. The summed E-state index contributed by atoms with van der Waals surface area (Å²) in [5.74, 6) is -0.716. The summed E-state index contributed by atoms with van der Waals surface area (Å²) in [5.41, 5.74) is 0.177. The van der Waals surface area contributed by atoms with Gasteiger partial charge in [-0.05, 0) is 42.0 Å². The molecule has 0 aliphatic rings. The van der Waals surface area contributed by atoms with Gasteiger partial charge in [0.05, 0.1) is 17.3 Å². The van der Waals surface area contributed by atoms with Crippen molar-refractivity contribution < 1.29 is 27.5 Å². The lowest BCUT2D eigenvalue weighted by Crippen LogP contribution is -2.32. The van der Waals surface area contributed by atoms with Crippen molar-refractivity contribution in [3.63, 3.8) is 0 Å². The van der Waals surface area contributed by atoms with Gasteiger partial charge in [0.25, 0.3) is 5.91 Å². The first kappa shape index (κ1) is 22.5. The Morgan fingerprint density at radius 2 is 1.83 bits per heavy atom. The van der Waals surface area contributed by atoms with Crippen LogP contribution < -0.4 is 9.64 Å². The highest BCUT2D eigenvalue weighted by Crippen LogP contribution is 2.27. The van der Waals surface area contributed by atoms with Crippen LogP contribution >= 0.6 is 0 Å². The Labute approximate surface area is 171 Å². The summed E-state index contributed by atoms with van der Waals surface area (Å²) in [4.78, 5) is 24.9. The quantitative estimate of drug-likeness (QED) is 0.508. The van der Waals surface area contributed by atoms with Gasteiger partial charge in [0.1, 0.15) is 18.1 Å². The minimum absolute atomic E-state index is 0.0883. The zero-order valence-corrected chi connectivity index (χ0v) is 16.2. The minimum Gasteiger partial charge on any atom is -0.489 e. The first-order chi connectivity index (χ1) is 14.2. The Morgan fingerprint density at radius 3 is 2.37 bits per heavy atom. The molecule has 0 saturated carbocycles. The molecular weight excluding hydrogens is 399 g/mol.